The van der Waals surface area contributed by atoms with Gasteiger partial charge in [-0.1, -0.05) is 38.2 Å². The summed E-state index contributed by atoms with van der Waals surface area (Å²) in [5.74, 6) is 0.707. The molecule has 1 amide bonds. The first-order valence-electron chi connectivity index (χ1n) is 7.20. The number of rotatable bonds is 6. The van der Waals surface area contributed by atoms with Gasteiger partial charge in [0, 0.05) is 23.7 Å². The van der Waals surface area contributed by atoms with E-state index in [1.54, 1.807) is 6.07 Å². The first-order valence-corrected chi connectivity index (χ1v) is 7.60. The molecule has 1 aromatic rings. The molecule has 2 rings (SSSR count). The van der Waals surface area contributed by atoms with Gasteiger partial charge >= 0.3 is 0 Å². The summed E-state index contributed by atoms with van der Waals surface area (Å²) in [5, 5.41) is 0. The lowest BCUT2D eigenvalue weighted by molar-refractivity contribution is 0.0735. The lowest BCUT2D eigenvalue weighted by atomic mass is 10.1. The van der Waals surface area contributed by atoms with Gasteiger partial charge in [-0.05, 0) is 37.3 Å². The first kappa shape index (κ1) is 15.0. The Balaban J connectivity index is 2.14. The fraction of sp³-hybridized carbons (Fsp3) is 0.500. The van der Waals surface area contributed by atoms with E-state index in [0.717, 1.165) is 31.4 Å². The number of nitrogens with two attached hydrogens (primary N) is 1. The van der Waals surface area contributed by atoms with E-state index in [9.17, 15) is 4.79 Å². The van der Waals surface area contributed by atoms with Crippen molar-refractivity contribution >= 4 is 23.1 Å². The van der Waals surface area contributed by atoms with E-state index in [2.05, 4.69) is 13.8 Å². The summed E-state index contributed by atoms with van der Waals surface area (Å²) in [4.78, 5) is 15.0. The summed E-state index contributed by atoms with van der Waals surface area (Å²) >= 11 is 4.98. The summed E-state index contributed by atoms with van der Waals surface area (Å²) in [6.45, 7) is 5.20. The van der Waals surface area contributed by atoms with Gasteiger partial charge in [0.2, 0.25) is 0 Å². The highest BCUT2D eigenvalue weighted by Gasteiger charge is 2.32. The van der Waals surface area contributed by atoms with Gasteiger partial charge in [-0.3, -0.25) is 4.79 Å². The zero-order chi connectivity index (χ0) is 14.7. The number of amides is 1. The van der Waals surface area contributed by atoms with Crippen molar-refractivity contribution < 1.29 is 4.79 Å². The maximum atomic E-state index is 12.7. The molecule has 108 valence electrons. The van der Waals surface area contributed by atoms with Gasteiger partial charge in [-0.15, -0.1) is 0 Å². The van der Waals surface area contributed by atoms with E-state index in [4.69, 9.17) is 18.0 Å². The summed E-state index contributed by atoms with van der Waals surface area (Å²) in [7, 11) is 0. The second-order valence-electron chi connectivity index (χ2n) is 5.86. The molecule has 1 aromatic carbocycles. The quantitative estimate of drug-likeness (QED) is 0.819. The van der Waals surface area contributed by atoms with Crippen LogP contribution in [0.2, 0.25) is 0 Å². The van der Waals surface area contributed by atoms with E-state index in [-0.39, 0.29) is 5.91 Å². The molecule has 0 aromatic heterocycles. The average Bonchev–Trinajstić information content (AvgIpc) is 3.23. The van der Waals surface area contributed by atoms with Crippen molar-refractivity contribution in [3.8, 4) is 0 Å². The fourth-order valence-corrected chi connectivity index (χ4v) is 2.33. The van der Waals surface area contributed by atoms with Gasteiger partial charge in [-0.2, -0.15) is 0 Å². The third-order valence-electron chi connectivity index (χ3n) is 3.59. The minimum absolute atomic E-state index is 0.103. The third kappa shape index (κ3) is 3.79. The summed E-state index contributed by atoms with van der Waals surface area (Å²) in [5.41, 5.74) is 7.08. The third-order valence-corrected chi connectivity index (χ3v) is 3.83. The second-order valence-corrected chi connectivity index (χ2v) is 6.30. The number of benzene rings is 1. The molecule has 4 heteroatoms. The monoisotopic (exact) mass is 290 g/mol. The molecule has 0 bridgehead atoms. The van der Waals surface area contributed by atoms with E-state index in [0.29, 0.717) is 22.5 Å². The highest BCUT2D eigenvalue weighted by molar-refractivity contribution is 7.80. The highest BCUT2D eigenvalue weighted by atomic mass is 32.1. The Morgan fingerprint density at radius 1 is 1.40 bits per heavy atom. The smallest absolute Gasteiger partial charge is 0.254 e. The Morgan fingerprint density at radius 2 is 2.05 bits per heavy atom. The minimum atomic E-state index is 0.103. The summed E-state index contributed by atoms with van der Waals surface area (Å²) in [6.07, 6.45) is 3.29. The average molecular weight is 290 g/mol. The Bertz CT molecular complexity index is 509. The lowest BCUT2D eigenvalue weighted by Gasteiger charge is -2.23. The van der Waals surface area contributed by atoms with Crippen molar-refractivity contribution in [2.24, 2.45) is 11.7 Å². The topological polar surface area (TPSA) is 46.3 Å². The SMILES string of the molecule is CC(C)CCN(C(=O)c1cccc(C(N)=S)c1)C1CC1. The molecule has 0 spiro atoms. The van der Waals surface area contributed by atoms with E-state index in [1.165, 1.54) is 0 Å². The van der Waals surface area contributed by atoms with E-state index < -0.39 is 0 Å². The number of thiocarbonyl (C=S) groups is 1. The zero-order valence-corrected chi connectivity index (χ0v) is 13.0. The Labute approximate surface area is 126 Å². The maximum absolute atomic E-state index is 12.7. The van der Waals surface area contributed by atoms with Crippen LogP contribution in [0.1, 0.15) is 49.0 Å². The van der Waals surface area contributed by atoms with Crippen molar-refractivity contribution in [2.75, 3.05) is 6.54 Å². The van der Waals surface area contributed by atoms with Crippen LogP contribution in [0.3, 0.4) is 0 Å². The molecular formula is C16H22N2OS. The second kappa shape index (κ2) is 6.35. The molecule has 20 heavy (non-hydrogen) atoms. The highest BCUT2D eigenvalue weighted by Crippen LogP contribution is 2.29. The molecular weight excluding hydrogens is 268 g/mol. The van der Waals surface area contributed by atoms with Crippen LogP contribution < -0.4 is 5.73 Å². The van der Waals surface area contributed by atoms with Crippen LogP contribution in [-0.2, 0) is 0 Å². The molecule has 2 N–H and O–H groups in total. The van der Waals surface area contributed by atoms with Gasteiger partial charge < -0.3 is 10.6 Å². The van der Waals surface area contributed by atoms with Crippen LogP contribution in [0.4, 0.5) is 0 Å². The van der Waals surface area contributed by atoms with Gasteiger partial charge in [-0.25, -0.2) is 0 Å². The van der Waals surface area contributed by atoms with Gasteiger partial charge in [0.15, 0.2) is 0 Å². The van der Waals surface area contributed by atoms with Crippen LogP contribution >= 0.6 is 12.2 Å². The van der Waals surface area contributed by atoms with Crippen molar-refractivity contribution in [3.63, 3.8) is 0 Å². The fourth-order valence-electron chi connectivity index (χ4n) is 2.20. The Morgan fingerprint density at radius 3 is 2.60 bits per heavy atom. The number of carbonyl (C=O) groups is 1. The molecule has 1 aliphatic carbocycles. The number of carbonyl (C=O) groups excluding carboxylic acids is 1. The Kier molecular flexibility index (Phi) is 4.76. The van der Waals surface area contributed by atoms with E-state index in [1.807, 2.05) is 23.1 Å². The van der Waals surface area contributed by atoms with Gasteiger partial charge in [0.1, 0.15) is 4.99 Å². The molecule has 0 atom stereocenters. The zero-order valence-electron chi connectivity index (χ0n) is 12.1. The van der Waals surface area contributed by atoms with Crippen LogP contribution in [0.25, 0.3) is 0 Å². The first-order chi connectivity index (χ1) is 9.49. The minimum Gasteiger partial charge on any atom is -0.389 e. The lowest BCUT2D eigenvalue weighted by Crippen LogP contribution is -2.34. The van der Waals surface area contributed by atoms with Crippen molar-refractivity contribution in [1.82, 2.24) is 4.90 Å². The number of nitrogens with zero attached hydrogens (tertiary/aromatic N) is 1. The molecule has 0 saturated heterocycles. The molecule has 0 radical (unpaired) electrons. The number of hydrogen-bond acceptors (Lipinski definition) is 2. The Hall–Kier alpha value is -1.42. The summed E-state index contributed by atoms with van der Waals surface area (Å²) < 4.78 is 0. The van der Waals surface area contributed by atoms with E-state index >= 15 is 0 Å². The molecule has 1 fully saturated rings. The number of hydrogen-bond donors (Lipinski definition) is 1. The van der Waals surface area contributed by atoms with Gasteiger partial charge in [0.25, 0.3) is 5.91 Å². The van der Waals surface area contributed by atoms with Crippen molar-refractivity contribution in [2.45, 2.75) is 39.2 Å². The largest absolute Gasteiger partial charge is 0.389 e. The molecule has 0 aliphatic heterocycles. The molecule has 3 nitrogen and oxygen atoms in total. The predicted molar refractivity (Wildman–Crippen MR) is 85.8 cm³/mol. The standard InChI is InChI=1S/C16H22N2OS/c1-11(2)8-9-18(14-6-7-14)16(19)13-5-3-4-12(10-13)15(17)20/h3-5,10-11,14H,6-9H2,1-2H3,(H2,17,20). The maximum Gasteiger partial charge on any atom is 0.254 e. The molecule has 1 saturated carbocycles. The van der Waals surface area contributed by atoms with Crippen LogP contribution in [0, 0.1) is 5.92 Å². The molecule has 0 unspecified atom stereocenters. The van der Waals surface area contributed by atoms with Crippen LogP contribution in [0.5, 0.6) is 0 Å². The normalized spacial score (nSPS) is 14.3. The summed E-state index contributed by atoms with van der Waals surface area (Å²) in [6, 6.07) is 7.75. The van der Waals surface area contributed by atoms with Crippen molar-refractivity contribution in [3.05, 3.63) is 35.4 Å². The van der Waals surface area contributed by atoms with Gasteiger partial charge in [0.05, 0.1) is 0 Å². The van der Waals surface area contributed by atoms with Crippen molar-refractivity contribution in [1.29, 1.82) is 0 Å². The van der Waals surface area contributed by atoms with Crippen LogP contribution in [-0.4, -0.2) is 28.4 Å². The van der Waals surface area contributed by atoms with Crippen LogP contribution in [0.15, 0.2) is 24.3 Å². The molecule has 1 aliphatic rings. The molecule has 0 heterocycles. The predicted octanol–water partition coefficient (Wildman–Crippen LogP) is 2.97.